The van der Waals surface area contributed by atoms with Gasteiger partial charge < -0.3 is 5.32 Å². The summed E-state index contributed by atoms with van der Waals surface area (Å²) in [5.41, 5.74) is 1.24. The highest BCUT2D eigenvalue weighted by Gasteiger charge is 2.13. The molecule has 17 heavy (non-hydrogen) atoms. The molecule has 0 spiro atoms. The zero-order valence-corrected chi connectivity index (χ0v) is 11.4. The predicted octanol–water partition coefficient (Wildman–Crippen LogP) is 3.78. The summed E-state index contributed by atoms with van der Waals surface area (Å²) in [6.45, 7) is 9.68. The van der Waals surface area contributed by atoms with E-state index in [9.17, 15) is 4.39 Å². The maximum Gasteiger partial charge on any atom is 0.123 e. The lowest BCUT2D eigenvalue weighted by Gasteiger charge is -2.24. The Labute approximate surface area is 104 Å². The minimum Gasteiger partial charge on any atom is -0.312 e. The van der Waals surface area contributed by atoms with E-state index in [0.29, 0.717) is 5.92 Å². The standard InChI is InChI=1S/C15H24FN/c1-5-12(11-17-15(2,3)4)9-13-7-6-8-14(16)10-13/h6-8,10,12,17H,5,9,11H2,1-4H3. The van der Waals surface area contributed by atoms with E-state index in [-0.39, 0.29) is 11.4 Å². The van der Waals surface area contributed by atoms with Crippen LogP contribution in [0.2, 0.25) is 0 Å². The maximum absolute atomic E-state index is 13.1. The van der Waals surface area contributed by atoms with Crippen molar-refractivity contribution < 1.29 is 4.39 Å². The summed E-state index contributed by atoms with van der Waals surface area (Å²) in [5, 5.41) is 3.51. The molecule has 1 aromatic rings. The topological polar surface area (TPSA) is 12.0 Å². The molecule has 1 atom stereocenters. The van der Waals surface area contributed by atoms with E-state index in [2.05, 4.69) is 33.0 Å². The number of hydrogen-bond donors (Lipinski definition) is 1. The molecule has 0 amide bonds. The van der Waals surface area contributed by atoms with Crippen molar-refractivity contribution in [2.75, 3.05) is 6.54 Å². The molecule has 2 heteroatoms. The van der Waals surface area contributed by atoms with Crippen LogP contribution < -0.4 is 5.32 Å². The Balaban J connectivity index is 2.52. The molecule has 0 aliphatic carbocycles. The van der Waals surface area contributed by atoms with E-state index in [1.165, 1.54) is 6.07 Å². The van der Waals surface area contributed by atoms with Crippen molar-refractivity contribution in [3.05, 3.63) is 35.6 Å². The second kappa shape index (κ2) is 6.15. The van der Waals surface area contributed by atoms with E-state index in [0.717, 1.165) is 24.9 Å². The van der Waals surface area contributed by atoms with Gasteiger partial charge in [-0.15, -0.1) is 0 Å². The third-order valence-electron chi connectivity index (χ3n) is 2.91. The third kappa shape index (κ3) is 5.83. The summed E-state index contributed by atoms with van der Waals surface area (Å²) >= 11 is 0. The Morgan fingerprint density at radius 2 is 2.00 bits per heavy atom. The van der Waals surface area contributed by atoms with E-state index in [1.807, 2.05) is 6.07 Å². The van der Waals surface area contributed by atoms with Crippen molar-refractivity contribution in [3.8, 4) is 0 Å². The normalized spacial score (nSPS) is 13.7. The highest BCUT2D eigenvalue weighted by Crippen LogP contribution is 2.14. The number of rotatable bonds is 5. The minimum absolute atomic E-state index is 0.138. The van der Waals surface area contributed by atoms with Crippen molar-refractivity contribution in [3.63, 3.8) is 0 Å². The van der Waals surface area contributed by atoms with E-state index in [1.54, 1.807) is 12.1 Å². The van der Waals surface area contributed by atoms with E-state index in [4.69, 9.17) is 0 Å². The van der Waals surface area contributed by atoms with Gasteiger partial charge in [0.1, 0.15) is 5.82 Å². The molecular weight excluding hydrogens is 213 g/mol. The lowest BCUT2D eigenvalue weighted by Crippen LogP contribution is -2.39. The summed E-state index contributed by atoms with van der Waals surface area (Å²) in [5.74, 6) is 0.428. The molecule has 0 fully saturated rings. The molecule has 0 saturated carbocycles. The third-order valence-corrected chi connectivity index (χ3v) is 2.91. The Hall–Kier alpha value is -0.890. The van der Waals surface area contributed by atoms with Gasteiger partial charge in [0.2, 0.25) is 0 Å². The highest BCUT2D eigenvalue weighted by atomic mass is 19.1. The van der Waals surface area contributed by atoms with Crippen LogP contribution in [0, 0.1) is 11.7 Å². The van der Waals surface area contributed by atoms with E-state index < -0.39 is 0 Å². The second-order valence-corrected chi connectivity index (χ2v) is 5.74. The van der Waals surface area contributed by atoms with Crippen molar-refractivity contribution in [2.45, 2.75) is 46.1 Å². The predicted molar refractivity (Wildman–Crippen MR) is 71.6 cm³/mol. The zero-order chi connectivity index (χ0) is 12.9. The molecular formula is C15H24FN. The summed E-state index contributed by atoms with van der Waals surface area (Å²) in [6, 6.07) is 6.93. The summed E-state index contributed by atoms with van der Waals surface area (Å²) < 4.78 is 13.1. The molecule has 1 N–H and O–H groups in total. The van der Waals surface area contributed by atoms with Crippen LogP contribution in [-0.4, -0.2) is 12.1 Å². The molecule has 0 radical (unpaired) electrons. The van der Waals surface area contributed by atoms with Gasteiger partial charge in [0.05, 0.1) is 0 Å². The fourth-order valence-corrected chi connectivity index (χ4v) is 1.81. The zero-order valence-electron chi connectivity index (χ0n) is 11.4. The van der Waals surface area contributed by atoms with Gasteiger partial charge in [-0.2, -0.15) is 0 Å². The number of nitrogens with one attached hydrogen (secondary N) is 1. The summed E-state index contributed by atoms with van der Waals surface area (Å²) in [4.78, 5) is 0. The minimum atomic E-state index is -0.138. The van der Waals surface area contributed by atoms with Gasteiger partial charge in [0.25, 0.3) is 0 Å². The fourth-order valence-electron chi connectivity index (χ4n) is 1.81. The number of hydrogen-bond acceptors (Lipinski definition) is 1. The van der Waals surface area contributed by atoms with Crippen LogP contribution in [0.3, 0.4) is 0 Å². The molecule has 0 saturated heterocycles. The van der Waals surface area contributed by atoms with Gasteiger partial charge >= 0.3 is 0 Å². The Kier molecular flexibility index (Phi) is 5.13. The summed E-state index contributed by atoms with van der Waals surface area (Å²) in [7, 11) is 0. The largest absolute Gasteiger partial charge is 0.312 e. The molecule has 0 heterocycles. The molecule has 0 bridgehead atoms. The van der Waals surface area contributed by atoms with Crippen molar-refractivity contribution in [1.82, 2.24) is 5.32 Å². The average Bonchev–Trinajstić information content (AvgIpc) is 2.23. The second-order valence-electron chi connectivity index (χ2n) is 5.74. The van der Waals surface area contributed by atoms with Crippen LogP contribution in [0.25, 0.3) is 0 Å². The first kappa shape index (κ1) is 14.2. The van der Waals surface area contributed by atoms with Gasteiger partial charge in [-0.25, -0.2) is 4.39 Å². The maximum atomic E-state index is 13.1. The van der Waals surface area contributed by atoms with Crippen LogP contribution in [0.4, 0.5) is 4.39 Å². The Morgan fingerprint density at radius 3 is 2.53 bits per heavy atom. The SMILES string of the molecule is CCC(CNC(C)(C)C)Cc1cccc(F)c1. The first-order chi connectivity index (χ1) is 7.90. The van der Waals surface area contributed by atoms with Crippen LogP contribution >= 0.6 is 0 Å². The first-order valence-electron chi connectivity index (χ1n) is 6.40. The van der Waals surface area contributed by atoms with E-state index >= 15 is 0 Å². The molecule has 0 aliphatic rings. The number of halogens is 1. The van der Waals surface area contributed by atoms with Crippen molar-refractivity contribution in [1.29, 1.82) is 0 Å². The average molecular weight is 237 g/mol. The van der Waals surface area contributed by atoms with Gasteiger partial charge in [-0.05, 0) is 57.4 Å². The quantitative estimate of drug-likeness (QED) is 0.821. The van der Waals surface area contributed by atoms with Gasteiger partial charge in [-0.3, -0.25) is 0 Å². The van der Waals surface area contributed by atoms with Gasteiger partial charge in [0, 0.05) is 5.54 Å². The van der Waals surface area contributed by atoms with Gasteiger partial charge in [-0.1, -0.05) is 25.5 Å². The van der Waals surface area contributed by atoms with Crippen LogP contribution in [0.15, 0.2) is 24.3 Å². The van der Waals surface area contributed by atoms with Crippen molar-refractivity contribution >= 4 is 0 Å². The molecule has 1 unspecified atom stereocenters. The highest BCUT2D eigenvalue weighted by molar-refractivity contribution is 5.16. The Bertz CT molecular complexity index is 341. The van der Waals surface area contributed by atoms with Crippen LogP contribution in [0.1, 0.15) is 39.7 Å². The molecule has 0 aromatic heterocycles. The van der Waals surface area contributed by atoms with Crippen molar-refractivity contribution in [2.24, 2.45) is 5.92 Å². The lowest BCUT2D eigenvalue weighted by molar-refractivity contribution is 0.363. The molecule has 1 nitrogen and oxygen atoms in total. The molecule has 1 rings (SSSR count). The first-order valence-corrected chi connectivity index (χ1v) is 6.40. The smallest absolute Gasteiger partial charge is 0.123 e. The molecule has 96 valence electrons. The Morgan fingerprint density at radius 1 is 1.29 bits per heavy atom. The number of benzene rings is 1. The fraction of sp³-hybridized carbons (Fsp3) is 0.600. The van der Waals surface area contributed by atoms with Crippen LogP contribution in [0.5, 0.6) is 0 Å². The molecule has 0 aliphatic heterocycles. The van der Waals surface area contributed by atoms with Gasteiger partial charge in [0.15, 0.2) is 0 Å². The van der Waals surface area contributed by atoms with Crippen LogP contribution in [-0.2, 0) is 6.42 Å². The molecule has 1 aromatic carbocycles. The summed E-state index contributed by atoms with van der Waals surface area (Å²) in [6.07, 6.45) is 2.05. The lowest BCUT2D eigenvalue weighted by atomic mass is 9.95. The monoisotopic (exact) mass is 237 g/mol.